The van der Waals surface area contributed by atoms with Gasteiger partial charge in [0, 0.05) is 23.5 Å². The lowest BCUT2D eigenvalue weighted by Gasteiger charge is -2.17. The monoisotopic (exact) mass is 451 g/mol. The van der Waals surface area contributed by atoms with Crippen LogP contribution in [0.4, 0.5) is 0 Å². The van der Waals surface area contributed by atoms with Gasteiger partial charge in [0.2, 0.25) is 0 Å². The zero-order valence-electron chi connectivity index (χ0n) is 17.5. The molecule has 2 rings (SSSR count). The molecule has 0 saturated carbocycles. The van der Waals surface area contributed by atoms with E-state index in [1.54, 1.807) is 18.2 Å². The van der Waals surface area contributed by atoms with Crippen molar-refractivity contribution in [1.29, 1.82) is 0 Å². The number of phenols is 1. The molecule has 0 aliphatic heterocycles. The highest BCUT2D eigenvalue weighted by Crippen LogP contribution is 2.23. The number of likely N-dealkylation sites (N-methyl/N-ethyl adjacent to an activating group) is 1. The first kappa shape index (κ1) is 24.8. The second-order valence-corrected chi connectivity index (χ2v) is 7.27. The molecule has 8 nitrogen and oxygen atoms in total. The number of hydrogen-bond donors (Lipinski definition) is 3. The predicted octanol–water partition coefficient (Wildman–Crippen LogP) is 2.69. The summed E-state index contributed by atoms with van der Waals surface area (Å²) in [5.74, 6) is 0.668. The highest BCUT2D eigenvalue weighted by molar-refractivity contribution is 7.80. The van der Waals surface area contributed by atoms with Gasteiger partial charge in [-0.25, -0.2) is 4.79 Å². The van der Waals surface area contributed by atoms with Gasteiger partial charge in [0.15, 0.2) is 0 Å². The third-order valence-corrected chi connectivity index (χ3v) is 4.66. The predicted molar refractivity (Wildman–Crippen MR) is 118 cm³/mol. The number of carbonyl (C=O) groups is 1. The van der Waals surface area contributed by atoms with Crippen LogP contribution in [-0.2, 0) is 20.9 Å². The van der Waals surface area contributed by atoms with E-state index >= 15 is 0 Å². The Kier molecular flexibility index (Phi) is 11.0. The van der Waals surface area contributed by atoms with Crippen molar-refractivity contribution in [2.75, 3.05) is 53.2 Å². The highest BCUT2D eigenvalue weighted by atomic mass is 32.1. The molecule has 0 heterocycles. The van der Waals surface area contributed by atoms with Crippen LogP contribution in [0.5, 0.6) is 17.2 Å². The van der Waals surface area contributed by atoms with Crippen molar-refractivity contribution in [2.45, 2.75) is 11.5 Å². The van der Waals surface area contributed by atoms with Crippen LogP contribution in [-0.4, -0.2) is 74.3 Å². The fourth-order valence-corrected chi connectivity index (χ4v) is 2.77. The van der Waals surface area contributed by atoms with E-state index in [-0.39, 0.29) is 19.0 Å². The molecule has 0 saturated heterocycles. The number of thiol groups is 1. The first-order chi connectivity index (χ1) is 14.9. The van der Waals surface area contributed by atoms with Crippen molar-refractivity contribution in [1.82, 2.24) is 4.90 Å². The quantitative estimate of drug-likeness (QED) is 0.281. The van der Waals surface area contributed by atoms with E-state index < -0.39 is 5.97 Å². The number of benzene rings is 2. The largest absolute Gasteiger partial charge is 0.508 e. The Labute approximate surface area is 187 Å². The van der Waals surface area contributed by atoms with Crippen molar-refractivity contribution in [2.24, 2.45) is 0 Å². The second kappa shape index (κ2) is 13.8. The molecule has 2 N–H and O–H groups in total. The molecule has 0 fully saturated rings. The zero-order chi connectivity index (χ0) is 22.5. The number of aliphatic carboxylic acids is 1. The molecule has 0 aromatic heterocycles. The van der Waals surface area contributed by atoms with E-state index in [9.17, 15) is 9.90 Å². The lowest BCUT2D eigenvalue weighted by atomic mass is 10.2. The maximum Gasteiger partial charge on any atom is 0.329 e. The van der Waals surface area contributed by atoms with Gasteiger partial charge in [0.1, 0.15) is 37.1 Å². The molecule has 0 bridgehead atoms. The van der Waals surface area contributed by atoms with Gasteiger partial charge in [-0.15, -0.1) is 12.6 Å². The summed E-state index contributed by atoms with van der Waals surface area (Å²) in [5, 5.41) is 17.9. The Balaban J connectivity index is 1.57. The Morgan fingerprint density at radius 1 is 0.935 bits per heavy atom. The molecule has 0 spiro atoms. The normalized spacial score (nSPS) is 10.9. The van der Waals surface area contributed by atoms with Crippen molar-refractivity contribution >= 4 is 18.6 Å². The summed E-state index contributed by atoms with van der Waals surface area (Å²) in [7, 11) is 1.98. The van der Waals surface area contributed by atoms with Gasteiger partial charge in [-0.05, 0) is 43.4 Å². The van der Waals surface area contributed by atoms with Gasteiger partial charge in [-0.2, -0.15) is 0 Å². The molecule has 2 aromatic rings. The number of hydrogen-bond acceptors (Lipinski definition) is 8. The number of carboxylic acid groups (broad SMARTS) is 1. The van der Waals surface area contributed by atoms with Crippen LogP contribution >= 0.6 is 12.6 Å². The lowest BCUT2D eigenvalue weighted by Crippen LogP contribution is -2.28. The maximum absolute atomic E-state index is 10.3. The molecule has 0 unspecified atom stereocenters. The van der Waals surface area contributed by atoms with Gasteiger partial charge in [-0.3, -0.25) is 0 Å². The molecule has 2 aromatic carbocycles. The minimum absolute atomic E-state index is 0.177. The Hall–Kier alpha value is -2.46. The minimum Gasteiger partial charge on any atom is -0.508 e. The van der Waals surface area contributed by atoms with Gasteiger partial charge < -0.3 is 34.1 Å². The summed E-state index contributed by atoms with van der Waals surface area (Å²) in [5.41, 5.74) is 0.890. The smallest absolute Gasteiger partial charge is 0.329 e. The Morgan fingerprint density at radius 2 is 1.58 bits per heavy atom. The van der Waals surface area contributed by atoms with Crippen LogP contribution in [0.3, 0.4) is 0 Å². The van der Waals surface area contributed by atoms with Crippen molar-refractivity contribution in [3.8, 4) is 17.2 Å². The third-order valence-electron chi connectivity index (χ3n) is 4.24. The van der Waals surface area contributed by atoms with E-state index in [0.717, 1.165) is 30.2 Å². The SMILES string of the molecule is CN(CCOCCOCC(=O)O)CCOc1ccc(OCc2ccc(O)cc2S)cc1. The van der Waals surface area contributed by atoms with E-state index in [2.05, 4.69) is 17.5 Å². The zero-order valence-corrected chi connectivity index (χ0v) is 18.4. The van der Waals surface area contributed by atoms with Crippen molar-refractivity contribution in [3.05, 3.63) is 48.0 Å². The molecule has 9 heteroatoms. The molecule has 31 heavy (non-hydrogen) atoms. The van der Waals surface area contributed by atoms with Gasteiger partial charge in [0.25, 0.3) is 0 Å². The summed E-state index contributed by atoms with van der Waals surface area (Å²) in [6, 6.07) is 12.4. The van der Waals surface area contributed by atoms with Gasteiger partial charge in [-0.1, -0.05) is 6.07 Å². The molecule has 170 valence electrons. The summed E-state index contributed by atoms with van der Waals surface area (Å²) in [4.78, 5) is 13.1. The maximum atomic E-state index is 10.3. The van der Waals surface area contributed by atoms with Crippen LogP contribution in [0.15, 0.2) is 47.4 Å². The van der Waals surface area contributed by atoms with Crippen LogP contribution in [0.25, 0.3) is 0 Å². The number of aromatic hydroxyl groups is 1. The van der Waals surface area contributed by atoms with E-state index in [1.165, 1.54) is 0 Å². The lowest BCUT2D eigenvalue weighted by molar-refractivity contribution is -0.142. The van der Waals surface area contributed by atoms with E-state index in [1.807, 2.05) is 31.3 Å². The average Bonchev–Trinajstić information content (AvgIpc) is 2.73. The Bertz CT molecular complexity index is 801. The molecule has 0 amide bonds. The second-order valence-electron chi connectivity index (χ2n) is 6.78. The standard InChI is InChI=1S/C22H29NO7S/c1-23(8-10-27-12-13-28-16-22(25)26)9-11-29-19-4-6-20(7-5-19)30-15-17-2-3-18(24)14-21(17)31/h2-7,14,24,31H,8-13,15-16H2,1H3,(H,25,26). The molecular formula is C22H29NO7S. The highest BCUT2D eigenvalue weighted by Gasteiger charge is 2.04. The first-order valence-corrected chi connectivity index (χ1v) is 10.3. The van der Waals surface area contributed by atoms with E-state index in [0.29, 0.717) is 31.3 Å². The minimum atomic E-state index is -0.983. The Morgan fingerprint density at radius 3 is 2.26 bits per heavy atom. The van der Waals surface area contributed by atoms with Crippen LogP contribution in [0, 0.1) is 0 Å². The third kappa shape index (κ3) is 10.4. The van der Waals surface area contributed by atoms with Crippen molar-refractivity contribution in [3.63, 3.8) is 0 Å². The molecule has 0 aliphatic rings. The molecule has 0 aliphatic carbocycles. The summed E-state index contributed by atoms with van der Waals surface area (Å²) < 4.78 is 21.8. The number of ether oxygens (including phenoxy) is 4. The van der Waals surface area contributed by atoms with Crippen LogP contribution < -0.4 is 9.47 Å². The topological polar surface area (TPSA) is 97.7 Å². The number of rotatable bonds is 15. The number of carboxylic acids is 1. The summed E-state index contributed by atoms with van der Waals surface area (Å²) in [6.07, 6.45) is 0. The van der Waals surface area contributed by atoms with Gasteiger partial charge in [0.05, 0.1) is 19.8 Å². The number of phenolic OH excluding ortho intramolecular Hbond substituents is 1. The fraction of sp³-hybridized carbons (Fsp3) is 0.409. The van der Waals surface area contributed by atoms with Crippen LogP contribution in [0.1, 0.15) is 5.56 Å². The molecule has 0 radical (unpaired) electrons. The molecule has 0 atom stereocenters. The van der Waals surface area contributed by atoms with Gasteiger partial charge >= 0.3 is 5.97 Å². The van der Waals surface area contributed by atoms with Crippen LogP contribution in [0.2, 0.25) is 0 Å². The summed E-state index contributed by atoms with van der Waals surface area (Å²) >= 11 is 4.34. The van der Waals surface area contributed by atoms with Crippen molar-refractivity contribution < 1.29 is 34.0 Å². The molecular weight excluding hydrogens is 422 g/mol. The van der Waals surface area contributed by atoms with E-state index in [4.69, 9.17) is 24.1 Å². The first-order valence-electron chi connectivity index (χ1n) is 9.86. The fourth-order valence-electron chi connectivity index (χ4n) is 2.50. The number of nitrogens with zero attached hydrogens (tertiary/aromatic N) is 1. The summed E-state index contributed by atoms with van der Waals surface area (Å²) in [6.45, 7) is 3.24. The average molecular weight is 452 g/mol.